The number of hydrogen-bond donors (Lipinski definition) is 2. The van der Waals surface area contributed by atoms with Crippen LogP contribution < -0.4 is 11.1 Å². The smallest absolute Gasteiger partial charge is 0.239 e. The molecule has 1 aliphatic rings. The lowest BCUT2D eigenvalue weighted by Gasteiger charge is -2.36. The van der Waals surface area contributed by atoms with Crippen LogP contribution in [0.25, 0.3) is 0 Å². The van der Waals surface area contributed by atoms with Gasteiger partial charge in [0.15, 0.2) is 0 Å². The van der Waals surface area contributed by atoms with Gasteiger partial charge in [-0.1, -0.05) is 32.0 Å². The van der Waals surface area contributed by atoms with Crippen molar-refractivity contribution in [2.24, 2.45) is 11.7 Å². The zero-order valence-electron chi connectivity index (χ0n) is 16.1. The van der Waals surface area contributed by atoms with Crippen LogP contribution in [0.3, 0.4) is 0 Å². The first-order valence-corrected chi connectivity index (χ1v) is 8.92. The highest BCUT2D eigenvalue weighted by molar-refractivity contribution is 5.93. The summed E-state index contributed by atoms with van der Waals surface area (Å²) in [7, 11) is 0. The lowest BCUT2D eigenvalue weighted by molar-refractivity contribution is -0.135. The van der Waals surface area contributed by atoms with E-state index in [0.717, 1.165) is 16.8 Å². The van der Waals surface area contributed by atoms with Crippen molar-refractivity contribution >= 4 is 29.9 Å². The van der Waals surface area contributed by atoms with Crippen LogP contribution in [0.5, 0.6) is 0 Å². The van der Waals surface area contributed by atoms with Gasteiger partial charge in [0.2, 0.25) is 11.8 Å². The van der Waals surface area contributed by atoms with Crippen LogP contribution in [0, 0.1) is 19.8 Å². The molecule has 1 aromatic carbocycles. The largest absolute Gasteiger partial charge is 0.339 e. The monoisotopic (exact) mass is 382 g/mol. The van der Waals surface area contributed by atoms with E-state index < -0.39 is 6.04 Å². The fraction of sp³-hybridized carbons (Fsp3) is 0.579. The van der Waals surface area contributed by atoms with Crippen LogP contribution in [0.1, 0.15) is 25.0 Å². The summed E-state index contributed by atoms with van der Waals surface area (Å²) in [6.45, 7) is 10.9. The molecule has 1 aliphatic heterocycles. The van der Waals surface area contributed by atoms with Crippen molar-refractivity contribution < 1.29 is 9.59 Å². The molecule has 2 amide bonds. The van der Waals surface area contributed by atoms with Crippen molar-refractivity contribution in [1.82, 2.24) is 9.80 Å². The van der Waals surface area contributed by atoms with Crippen molar-refractivity contribution in [3.05, 3.63) is 29.3 Å². The quantitative estimate of drug-likeness (QED) is 0.813. The summed E-state index contributed by atoms with van der Waals surface area (Å²) in [6.07, 6.45) is 0. The molecule has 3 N–H and O–H groups in total. The second-order valence-electron chi connectivity index (χ2n) is 7.19. The minimum atomic E-state index is -0.445. The van der Waals surface area contributed by atoms with Gasteiger partial charge < -0.3 is 16.0 Å². The second kappa shape index (κ2) is 9.90. The van der Waals surface area contributed by atoms with E-state index >= 15 is 0 Å². The number of nitrogens with one attached hydrogen (secondary N) is 1. The fourth-order valence-electron chi connectivity index (χ4n) is 3.02. The molecular weight excluding hydrogens is 352 g/mol. The number of carbonyl (C=O) groups excluding carboxylic acids is 2. The van der Waals surface area contributed by atoms with E-state index in [1.807, 2.05) is 50.8 Å². The van der Waals surface area contributed by atoms with E-state index in [-0.39, 0.29) is 30.1 Å². The average Bonchev–Trinajstić information content (AvgIpc) is 2.57. The molecule has 1 saturated heterocycles. The Labute approximate surface area is 162 Å². The number of halogens is 1. The Morgan fingerprint density at radius 2 is 1.65 bits per heavy atom. The van der Waals surface area contributed by atoms with Crippen LogP contribution in [-0.2, 0) is 9.59 Å². The van der Waals surface area contributed by atoms with Gasteiger partial charge in [0, 0.05) is 31.9 Å². The van der Waals surface area contributed by atoms with Crippen molar-refractivity contribution in [3.63, 3.8) is 0 Å². The van der Waals surface area contributed by atoms with Gasteiger partial charge in [-0.15, -0.1) is 12.4 Å². The number of benzene rings is 1. The molecule has 0 unspecified atom stereocenters. The van der Waals surface area contributed by atoms with E-state index in [2.05, 4.69) is 10.2 Å². The highest BCUT2D eigenvalue weighted by Crippen LogP contribution is 2.19. The molecule has 2 rings (SSSR count). The Morgan fingerprint density at radius 3 is 2.15 bits per heavy atom. The van der Waals surface area contributed by atoms with E-state index in [4.69, 9.17) is 5.73 Å². The minimum absolute atomic E-state index is 0. The number of aryl methyl sites for hydroxylation is 2. The predicted molar refractivity (Wildman–Crippen MR) is 108 cm³/mol. The zero-order valence-corrected chi connectivity index (χ0v) is 16.9. The third-order valence-corrected chi connectivity index (χ3v) is 4.80. The Bertz CT molecular complexity index is 608. The van der Waals surface area contributed by atoms with Crippen molar-refractivity contribution in [2.45, 2.75) is 33.7 Å². The summed E-state index contributed by atoms with van der Waals surface area (Å²) < 4.78 is 0. The molecule has 6 nitrogen and oxygen atoms in total. The molecule has 0 bridgehead atoms. The Hall–Kier alpha value is -1.63. The summed E-state index contributed by atoms with van der Waals surface area (Å²) in [5, 5.41) is 3.01. The zero-order chi connectivity index (χ0) is 18.6. The first kappa shape index (κ1) is 22.4. The molecule has 1 heterocycles. The molecule has 146 valence electrons. The minimum Gasteiger partial charge on any atom is -0.339 e. The summed E-state index contributed by atoms with van der Waals surface area (Å²) in [5.74, 6) is 0.124. The normalized spacial score (nSPS) is 16.2. The lowest BCUT2D eigenvalue weighted by Crippen LogP contribution is -2.55. The van der Waals surface area contributed by atoms with Crippen LogP contribution in [-0.4, -0.2) is 60.4 Å². The standard InChI is InChI=1S/C19H30N4O2.ClH/c1-13(2)17(20)19(25)23-10-8-22(9-11-23)12-16(24)21-18-14(3)6-5-7-15(18)4;/h5-7,13,17H,8-12,20H2,1-4H3,(H,21,24);1H/t17-;/m0./s1. The van der Waals surface area contributed by atoms with Gasteiger partial charge in [-0.2, -0.15) is 0 Å². The molecule has 0 aliphatic carbocycles. The Balaban J connectivity index is 0.00000338. The summed E-state index contributed by atoms with van der Waals surface area (Å²) >= 11 is 0. The van der Waals surface area contributed by atoms with Crippen LogP contribution in [0.4, 0.5) is 5.69 Å². The van der Waals surface area contributed by atoms with E-state index in [9.17, 15) is 9.59 Å². The van der Waals surface area contributed by atoms with Gasteiger partial charge in [0.05, 0.1) is 12.6 Å². The van der Waals surface area contributed by atoms with Crippen molar-refractivity contribution in [2.75, 3.05) is 38.0 Å². The molecule has 1 aromatic rings. The summed E-state index contributed by atoms with van der Waals surface area (Å²) in [5.41, 5.74) is 8.97. The van der Waals surface area contributed by atoms with Crippen LogP contribution in [0.2, 0.25) is 0 Å². The number of nitrogens with zero attached hydrogens (tertiary/aromatic N) is 2. The van der Waals surface area contributed by atoms with Crippen molar-refractivity contribution in [1.29, 1.82) is 0 Å². The first-order valence-electron chi connectivity index (χ1n) is 8.92. The van der Waals surface area contributed by atoms with Gasteiger partial charge in [-0.3, -0.25) is 14.5 Å². The molecular formula is C19H31ClN4O2. The maximum absolute atomic E-state index is 12.3. The van der Waals surface area contributed by atoms with E-state index in [1.54, 1.807) is 0 Å². The molecule has 0 radical (unpaired) electrons. The summed E-state index contributed by atoms with van der Waals surface area (Å²) in [6, 6.07) is 5.52. The number of para-hydroxylation sites is 1. The first-order chi connectivity index (χ1) is 11.8. The molecule has 1 atom stereocenters. The van der Waals surface area contributed by atoms with Gasteiger partial charge in [-0.05, 0) is 30.9 Å². The molecule has 0 saturated carbocycles. The molecule has 1 fully saturated rings. The van der Waals surface area contributed by atoms with Crippen LogP contribution in [0.15, 0.2) is 18.2 Å². The van der Waals surface area contributed by atoms with Gasteiger partial charge >= 0.3 is 0 Å². The average molecular weight is 383 g/mol. The number of nitrogens with two attached hydrogens (primary N) is 1. The number of carbonyl (C=O) groups is 2. The highest BCUT2D eigenvalue weighted by atomic mass is 35.5. The third-order valence-electron chi connectivity index (χ3n) is 4.80. The number of rotatable bonds is 5. The van der Waals surface area contributed by atoms with Gasteiger partial charge in [0.1, 0.15) is 0 Å². The van der Waals surface area contributed by atoms with E-state index in [0.29, 0.717) is 32.7 Å². The highest BCUT2D eigenvalue weighted by Gasteiger charge is 2.27. The SMILES string of the molecule is Cc1cccc(C)c1NC(=O)CN1CCN(C(=O)[C@@H](N)C(C)C)CC1.Cl. The Morgan fingerprint density at radius 1 is 1.12 bits per heavy atom. The number of amides is 2. The number of anilines is 1. The third kappa shape index (κ3) is 5.69. The second-order valence-corrected chi connectivity index (χ2v) is 7.19. The molecule has 26 heavy (non-hydrogen) atoms. The van der Waals surface area contributed by atoms with Gasteiger partial charge in [0.25, 0.3) is 0 Å². The van der Waals surface area contributed by atoms with Crippen molar-refractivity contribution in [3.8, 4) is 0 Å². The van der Waals surface area contributed by atoms with Crippen LogP contribution >= 0.6 is 12.4 Å². The number of hydrogen-bond acceptors (Lipinski definition) is 4. The maximum atomic E-state index is 12.3. The lowest BCUT2D eigenvalue weighted by atomic mass is 10.0. The fourth-order valence-corrected chi connectivity index (χ4v) is 3.02. The molecule has 0 aromatic heterocycles. The maximum Gasteiger partial charge on any atom is 0.239 e. The Kier molecular flexibility index (Phi) is 8.53. The molecule has 7 heteroatoms. The number of piperazine rings is 1. The van der Waals surface area contributed by atoms with Gasteiger partial charge in [-0.25, -0.2) is 0 Å². The van der Waals surface area contributed by atoms with E-state index in [1.165, 1.54) is 0 Å². The predicted octanol–water partition coefficient (Wildman–Crippen LogP) is 1.79. The topological polar surface area (TPSA) is 78.7 Å². The summed E-state index contributed by atoms with van der Waals surface area (Å²) in [4.78, 5) is 28.5. The molecule has 0 spiro atoms.